The van der Waals surface area contributed by atoms with Crippen molar-refractivity contribution < 1.29 is 23.5 Å². The molecule has 1 unspecified atom stereocenters. The van der Waals surface area contributed by atoms with Gasteiger partial charge in [-0.2, -0.15) is 0 Å². The van der Waals surface area contributed by atoms with E-state index >= 15 is 0 Å². The number of carbonyl (C=O) groups is 2. The van der Waals surface area contributed by atoms with Crippen molar-refractivity contribution in [3.05, 3.63) is 40.9 Å². The molecule has 1 aliphatic carbocycles. The fourth-order valence-corrected chi connectivity index (χ4v) is 3.13. The van der Waals surface area contributed by atoms with E-state index in [0.29, 0.717) is 10.6 Å². The Morgan fingerprint density at radius 1 is 1.42 bits per heavy atom. The van der Waals surface area contributed by atoms with E-state index in [0.717, 1.165) is 5.56 Å². The van der Waals surface area contributed by atoms with Gasteiger partial charge in [0.2, 0.25) is 5.91 Å². The first kappa shape index (κ1) is 16.5. The summed E-state index contributed by atoms with van der Waals surface area (Å²) in [5.41, 5.74) is -0.212. The van der Waals surface area contributed by atoms with Crippen LogP contribution in [0, 0.1) is 5.41 Å². The number of alkyl halides is 2. The van der Waals surface area contributed by atoms with Gasteiger partial charge in [-0.3, -0.25) is 4.79 Å². The molecule has 1 aromatic heterocycles. The van der Waals surface area contributed by atoms with Crippen LogP contribution in [-0.4, -0.2) is 27.9 Å². The second kappa shape index (κ2) is 5.62. The first-order valence-corrected chi connectivity index (χ1v) is 8.05. The van der Waals surface area contributed by atoms with Gasteiger partial charge in [-0.05, 0) is 18.6 Å². The fourth-order valence-electron chi connectivity index (χ4n) is 2.34. The average molecular weight is 352 g/mol. The largest absolute Gasteiger partial charge is 0.476 e. The fraction of sp³-hybridized carbons (Fsp3) is 0.312. The lowest BCUT2D eigenvalue weighted by molar-refractivity contribution is -0.129. The van der Waals surface area contributed by atoms with E-state index < -0.39 is 29.6 Å². The Morgan fingerprint density at radius 3 is 2.71 bits per heavy atom. The predicted molar refractivity (Wildman–Crippen MR) is 84.0 cm³/mol. The van der Waals surface area contributed by atoms with Gasteiger partial charge in [-0.15, -0.1) is 11.3 Å². The van der Waals surface area contributed by atoms with E-state index in [1.165, 1.54) is 23.6 Å². The van der Waals surface area contributed by atoms with Gasteiger partial charge in [0.15, 0.2) is 5.69 Å². The molecule has 1 atom stereocenters. The van der Waals surface area contributed by atoms with Crippen molar-refractivity contribution in [1.82, 2.24) is 10.3 Å². The molecule has 1 saturated carbocycles. The number of halogens is 2. The van der Waals surface area contributed by atoms with Crippen LogP contribution in [0.5, 0.6) is 0 Å². The van der Waals surface area contributed by atoms with Crippen LogP contribution >= 0.6 is 11.3 Å². The number of rotatable bonds is 5. The van der Waals surface area contributed by atoms with Crippen LogP contribution in [0.2, 0.25) is 0 Å². The molecule has 2 aromatic rings. The van der Waals surface area contributed by atoms with Gasteiger partial charge in [0, 0.05) is 23.9 Å². The first-order chi connectivity index (χ1) is 11.2. The molecule has 0 bridgehead atoms. The Hall–Kier alpha value is -2.35. The number of amides is 1. The molecule has 126 valence electrons. The predicted octanol–water partition coefficient (Wildman–Crippen LogP) is 3.17. The molecule has 0 spiro atoms. The third-order valence-electron chi connectivity index (χ3n) is 4.11. The minimum absolute atomic E-state index is 0.0300. The smallest absolute Gasteiger partial charge is 0.355 e. The van der Waals surface area contributed by atoms with Gasteiger partial charge >= 0.3 is 5.97 Å². The van der Waals surface area contributed by atoms with Crippen molar-refractivity contribution >= 4 is 23.2 Å². The monoisotopic (exact) mass is 352 g/mol. The Labute approximate surface area is 140 Å². The number of aromatic nitrogens is 1. The topological polar surface area (TPSA) is 79.3 Å². The highest BCUT2D eigenvalue weighted by atomic mass is 32.1. The number of carbonyl (C=O) groups excluding carboxylic acids is 1. The summed E-state index contributed by atoms with van der Waals surface area (Å²) in [4.78, 5) is 26.8. The third-order valence-corrected chi connectivity index (χ3v) is 5.00. The second-order valence-electron chi connectivity index (χ2n) is 5.94. The number of aromatic carboxylic acids is 1. The number of hydrogen-bond acceptors (Lipinski definition) is 4. The minimum atomic E-state index is -2.94. The second-order valence-corrected chi connectivity index (χ2v) is 6.80. The van der Waals surface area contributed by atoms with Crippen LogP contribution in [0.1, 0.15) is 29.4 Å². The van der Waals surface area contributed by atoms with E-state index in [4.69, 9.17) is 5.11 Å². The van der Waals surface area contributed by atoms with Crippen LogP contribution in [0.4, 0.5) is 8.78 Å². The molecule has 1 aliphatic rings. The zero-order valence-electron chi connectivity index (χ0n) is 12.7. The summed E-state index contributed by atoms with van der Waals surface area (Å²) in [6.45, 7) is 1.37. The quantitative estimate of drug-likeness (QED) is 0.866. The normalized spacial score (nSPS) is 21.3. The zero-order chi connectivity index (χ0) is 17.5. The van der Waals surface area contributed by atoms with Crippen LogP contribution < -0.4 is 5.32 Å². The molecule has 8 heteroatoms. The van der Waals surface area contributed by atoms with Crippen LogP contribution in [0.3, 0.4) is 0 Å². The zero-order valence-corrected chi connectivity index (χ0v) is 13.5. The van der Waals surface area contributed by atoms with Gasteiger partial charge in [-0.1, -0.05) is 18.2 Å². The maximum Gasteiger partial charge on any atom is 0.355 e. The van der Waals surface area contributed by atoms with Gasteiger partial charge < -0.3 is 10.4 Å². The molecule has 24 heavy (non-hydrogen) atoms. The van der Waals surface area contributed by atoms with Crippen molar-refractivity contribution in [2.24, 2.45) is 5.41 Å². The molecule has 2 N–H and O–H groups in total. The van der Waals surface area contributed by atoms with Gasteiger partial charge in [0.1, 0.15) is 10.4 Å². The molecule has 1 heterocycles. The number of carboxylic acids is 1. The molecule has 1 amide bonds. The average Bonchev–Trinajstić information content (AvgIpc) is 2.92. The standard InChI is InChI=1S/C16H14F2N2O3S/c1-15(8-16(15,17)18)14(23)19-6-9-3-2-4-10(5-9)12-20-11(7-24-12)13(21)22/h2-5,7H,6,8H2,1H3,(H,19,23)(H,21,22). The Morgan fingerprint density at radius 2 is 2.12 bits per heavy atom. The number of thiazole rings is 1. The summed E-state index contributed by atoms with van der Waals surface area (Å²) >= 11 is 1.20. The van der Waals surface area contributed by atoms with Crippen molar-refractivity contribution in [1.29, 1.82) is 0 Å². The lowest BCUT2D eigenvalue weighted by Crippen LogP contribution is -2.33. The van der Waals surface area contributed by atoms with Gasteiger partial charge in [0.05, 0.1) is 0 Å². The van der Waals surface area contributed by atoms with Gasteiger partial charge in [-0.25, -0.2) is 18.6 Å². The summed E-state index contributed by atoms with van der Waals surface area (Å²) in [7, 11) is 0. The molecule has 5 nitrogen and oxygen atoms in total. The Bertz CT molecular complexity index is 821. The summed E-state index contributed by atoms with van der Waals surface area (Å²) < 4.78 is 26.4. The lowest BCUT2D eigenvalue weighted by Gasteiger charge is -2.11. The Kier molecular flexibility index (Phi) is 3.87. The number of nitrogens with one attached hydrogen (secondary N) is 1. The maximum atomic E-state index is 13.2. The summed E-state index contributed by atoms with van der Waals surface area (Å²) in [6, 6.07) is 7.01. The van der Waals surface area contributed by atoms with E-state index in [-0.39, 0.29) is 12.2 Å². The van der Waals surface area contributed by atoms with Crippen LogP contribution in [-0.2, 0) is 11.3 Å². The SMILES string of the molecule is CC1(C(=O)NCc2cccc(-c3nc(C(=O)O)cs3)c2)CC1(F)F. The van der Waals surface area contributed by atoms with Crippen molar-refractivity contribution in [3.8, 4) is 10.6 Å². The summed E-state index contributed by atoms with van der Waals surface area (Å²) in [6.07, 6.45) is -0.428. The van der Waals surface area contributed by atoms with Crippen molar-refractivity contribution in [2.75, 3.05) is 0 Å². The van der Waals surface area contributed by atoms with E-state index in [1.807, 2.05) is 0 Å². The Balaban J connectivity index is 1.69. The molecule has 1 aromatic carbocycles. The van der Waals surface area contributed by atoms with E-state index in [9.17, 15) is 18.4 Å². The van der Waals surface area contributed by atoms with Crippen LogP contribution in [0.15, 0.2) is 29.6 Å². The summed E-state index contributed by atoms with van der Waals surface area (Å²) in [5.74, 6) is -4.70. The molecule has 1 fully saturated rings. The summed E-state index contributed by atoms with van der Waals surface area (Å²) in [5, 5.41) is 13.4. The molecule has 3 rings (SSSR count). The van der Waals surface area contributed by atoms with E-state index in [2.05, 4.69) is 10.3 Å². The van der Waals surface area contributed by atoms with E-state index in [1.54, 1.807) is 24.3 Å². The first-order valence-electron chi connectivity index (χ1n) is 7.17. The van der Waals surface area contributed by atoms with Crippen LogP contribution in [0.25, 0.3) is 10.6 Å². The van der Waals surface area contributed by atoms with Crippen molar-refractivity contribution in [3.63, 3.8) is 0 Å². The number of benzene rings is 1. The van der Waals surface area contributed by atoms with Crippen molar-refractivity contribution in [2.45, 2.75) is 25.8 Å². The van der Waals surface area contributed by atoms with Gasteiger partial charge in [0.25, 0.3) is 5.92 Å². The highest BCUT2D eigenvalue weighted by Gasteiger charge is 2.72. The molecule has 0 aliphatic heterocycles. The minimum Gasteiger partial charge on any atom is -0.476 e. The number of nitrogens with zero attached hydrogens (tertiary/aromatic N) is 1. The maximum absolute atomic E-state index is 13.2. The molecular weight excluding hydrogens is 338 g/mol. The number of hydrogen-bond donors (Lipinski definition) is 2. The molecule has 0 radical (unpaired) electrons. The third kappa shape index (κ3) is 2.89. The highest BCUT2D eigenvalue weighted by Crippen LogP contribution is 2.60. The molecule has 0 saturated heterocycles. The molecular formula is C16H14F2N2O3S. The highest BCUT2D eigenvalue weighted by molar-refractivity contribution is 7.13. The lowest BCUT2D eigenvalue weighted by atomic mass is 10.1. The number of carboxylic acid groups (broad SMARTS) is 1.